The van der Waals surface area contributed by atoms with E-state index in [1.165, 1.54) is 16.8 Å². The average Bonchev–Trinajstić information content (AvgIpc) is 3.56. The van der Waals surface area contributed by atoms with Crippen LogP contribution in [-0.2, 0) is 7.05 Å². The molecule has 1 saturated heterocycles. The van der Waals surface area contributed by atoms with Crippen LogP contribution in [0, 0.1) is 5.82 Å². The van der Waals surface area contributed by atoms with Crippen molar-refractivity contribution in [3.8, 4) is 16.9 Å². The van der Waals surface area contributed by atoms with Crippen LogP contribution >= 0.6 is 0 Å². The first-order valence-corrected chi connectivity index (χ1v) is 12.0. The number of fused-ring (bicyclic) bond motifs is 1. The number of carbonyl (C=O) groups excluding carboxylic acids is 1. The van der Waals surface area contributed by atoms with Crippen LogP contribution in [0.3, 0.4) is 0 Å². The highest BCUT2D eigenvalue weighted by Gasteiger charge is 2.32. The van der Waals surface area contributed by atoms with Crippen molar-refractivity contribution in [3.05, 3.63) is 78.8 Å². The van der Waals surface area contributed by atoms with Gasteiger partial charge in [-0.05, 0) is 55.8 Å². The molecule has 37 heavy (non-hydrogen) atoms. The Labute approximate surface area is 211 Å². The molecular formula is C26H24FN9O. The van der Waals surface area contributed by atoms with Crippen LogP contribution in [-0.4, -0.2) is 59.6 Å². The normalized spacial score (nSPS) is 15.7. The third-order valence-electron chi connectivity index (χ3n) is 6.49. The Morgan fingerprint density at radius 3 is 2.78 bits per heavy atom. The van der Waals surface area contributed by atoms with Gasteiger partial charge in [-0.2, -0.15) is 4.68 Å². The molecule has 0 saturated carbocycles. The average molecular weight is 498 g/mol. The molecule has 0 aliphatic carbocycles. The fourth-order valence-electron chi connectivity index (χ4n) is 4.71. The zero-order valence-electron chi connectivity index (χ0n) is 20.1. The summed E-state index contributed by atoms with van der Waals surface area (Å²) in [7, 11) is 1.88. The van der Waals surface area contributed by atoms with Gasteiger partial charge >= 0.3 is 0 Å². The lowest BCUT2D eigenvalue weighted by atomic mass is 10.0. The van der Waals surface area contributed by atoms with Crippen LogP contribution in [0.25, 0.3) is 28.1 Å². The number of benzene rings is 1. The molecule has 1 atom stereocenters. The number of piperidine rings is 1. The molecule has 5 heterocycles. The number of imidazole rings is 1. The van der Waals surface area contributed by atoms with Crippen molar-refractivity contribution in [1.29, 1.82) is 0 Å². The Morgan fingerprint density at radius 2 is 2.00 bits per heavy atom. The van der Waals surface area contributed by atoms with Gasteiger partial charge in [0.1, 0.15) is 17.2 Å². The maximum absolute atomic E-state index is 15.6. The number of pyridine rings is 2. The molecule has 4 aromatic heterocycles. The monoisotopic (exact) mass is 497 g/mol. The second kappa shape index (κ2) is 9.51. The summed E-state index contributed by atoms with van der Waals surface area (Å²) in [5.41, 5.74) is 2.87. The fourth-order valence-corrected chi connectivity index (χ4v) is 4.71. The lowest BCUT2D eigenvalue weighted by molar-refractivity contribution is 0.0967. The predicted molar refractivity (Wildman–Crippen MR) is 136 cm³/mol. The zero-order chi connectivity index (χ0) is 25.4. The molecular weight excluding hydrogens is 473 g/mol. The number of anilines is 1. The molecule has 6 rings (SSSR count). The predicted octanol–water partition coefficient (Wildman–Crippen LogP) is 3.15. The van der Waals surface area contributed by atoms with Crippen molar-refractivity contribution in [2.75, 3.05) is 18.0 Å². The summed E-state index contributed by atoms with van der Waals surface area (Å²) < 4.78 is 18.9. The molecule has 0 spiro atoms. The second-order valence-electron chi connectivity index (χ2n) is 8.99. The summed E-state index contributed by atoms with van der Waals surface area (Å²) in [5, 5.41) is 11.5. The quantitative estimate of drug-likeness (QED) is 0.398. The van der Waals surface area contributed by atoms with E-state index in [4.69, 9.17) is 0 Å². The smallest absolute Gasteiger partial charge is 0.262 e. The first kappa shape index (κ1) is 22.9. The maximum atomic E-state index is 15.6. The highest BCUT2D eigenvalue weighted by atomic mass is 19.1. The Balaban J connectivity index is 1.42. The number of aromatic nitrogens is 7. The van der Waals surface area contributed by atoms with E-state index in [1.807, 2.05) is 23.9 Å². The van der Waals surface area contributed by atoms with Gasteiger partial charge in [0.2, 0.25) is 0 Å². The van der Waals surface area contributed by atoms with Gasteiger partial charge in [0, 0.05) is 43.8 Å². The summed E-state index contributed by atoms with van der Waals surface area (Å²) in [4.78, 5) is 29.0. The van der Waals surface area contributed by atoms with Gasteiger partial charge in [-0.3, -0.25) is 9.69 Å². The molecule has 0 bridgehead atoms. The molecule has 5 aromatic rings. The molecule has 0 unspecified atom stereocenters. The van der Waals surface area contributed by atoms with E-state index in [9.17, 15) is 4.79 Å². The van der Waals surface area contributed by atoms with Gasteiger partial charge in [0.15, 0.2) is 5.65 Å². The van der Waals surface area contributed by atoms with E-state index in [2.05, 4.69) is 30.6 Å². The van der Waals surface area contributed by atoms with Gasteiger partial charge in [0.05, 0.1) is 29.3 Å². The SMILES string of the molecule is Cn1cnc(-c2cccnc2N(C(=O)c2ccc(-n3nnc4cccnc43)cc2F)[C@@H]2CCCNC2)c1. The highest BCUT2D eigenvalue weighted by molar-refractivity contribution is 6.08. The highest BCUT2D eigenvalue weighted by Crippen LogP contribution is 2.32. The van der Waals surface area contributed by atoms with E-state index in [0.717, 1.165) is 19.4 Å². The number of hydrogen-bond acceptors (Lipinski definition) is 7. The van der Waals surface area contributed by atoms with Crippen LogP contribution in [0.5, 0.6) is 0 Å². The number of carbonyl (C=O) groups is 1. The first-order chi connectivity index (χ1) is 18.1. The number of rotatable bonds is 5. The number of halogens is 1. The first-order valence-electron chi connectivity index (χ1n) is 12.0. The summed E-state index contributed by atoms with van der Waals surface area (Å²) >= 11 is 0. The Bertz CT molecular complexity index is 1590. The third kappa shape index (κ3) is 4.23. The summed E-state index contributed by atoms with van der Waals surface area (Å²) in [6.07, 6.45) is 8.50. The van der Waals surface area contributed by atoms with Crippen molar-refractivity contribution in [3.63, 3.8) is 0 Å². The van der Waals surface area contributed by atoms with Gasteiger partial charge in [-0.25, -0.2) is 19.3 Å². The summed E-state index contributed by atoms with van der Waals surface area (Å²) in [6, 6.07) is 11.4. The van der Waals surface area contributed by atoms with Gasteiger partial charge in [-0.1, -0.05) is 5.21 Å². The van der Waals surface area contributed by atoms with E-state index in [0.29, 0.717) is 40.5 Å². The maximum Gasteiger partial charge on any atom is 0.262 e. The number of amides is 1. The molecule has 1 aliphatic rings. The van der Waals surface area contributed by atoms with Crippen molar-refractivity contribution < 1.29 is 9.18 Å². The molecule has 186 valence electrons. The molecule has 11 heteroatoms. The Morgan fingerprint density at radius 1 is 1.14 bits per heavy atom. The lowest BCUT2D eigenvalue weighted by Crippen LogP contribution is -2.49. The number of nitrogens with one attached hydrogen (secondary N) is 1. The second-order valence-corrected chi connectivity index (χ2v) is 8.99. The van der Waals surface area contributed by atoms with Crippen LogP contribution in [0.1, 0.15) is 23.2 Å². The molecule has 1 aromatic carbocycles. The molecule has 0 radical (unpaired) electrons. The molecule has 1 amide bonds. The van der Waals surface area contributed by atoms with Gasteiger partial charge in [0.25, 0.3) is 5.91 Å². The van der Waals surface area contributed by atoms with Crippen molar-refractivity contribution in [2.45, 2.75) is 18.9 Å². The molecule has 1 N–H and O–H groups in total. The van der Waals surface area contributed by atoms with E-state index in [-0.39, 0.29) is 11.6 Å². The van der Waals surface area contributed by atoms with Crippen molar-refractivity contribution in [2.24, 2.45) is 7.05 Å². The molecule has 1 aliphatic heterocycles. The van der Waals surface area contributed by atoms with Crippen molar-refractivity contribution >= 4 is 22.9 Å². The van der Waals surface area contributed by atoms with E-state index < -0.39 is 11.7 Å². The topological polar surface area (TPSA) is 107 Å². The minimum absolute atomic E-state index is 0.0515. The van der Waals surface area contributed by atoms with Crippen molar-refractivity contribution in [1.82, 2.24) is 39.8 Å². The van der Waals surface area contributed by atoms with Crippen LogP contribution in [0.4, 0.5) is 10.2 Å². The summed E-state index contributed by atoms with van der Waals surface area (Å²) in [6.45, 7) is 1.46. The zero-order valence-corrected chi connectivity index (χ0v) is 20.1. The lowest BCUT2D eigenvalue weighted by Gasteiger charge is -2.35. The third-order valence-corrected chi connectivity index (χ3v) is 6.49. The van der Waals surface area contributed by atoms with Gasteiger partial charge in [-0.15, -0.1) is 5.10 Å². The van der Waals surface area contributed by atoms with Crippen LogP contribution < -0.4 is 10.2 Å². The number of nitrogens with zero attached hydrogens (tertiary/aromatic N) is 8. The van der Waals surface area contributed by atoms with E-state index >= 15 is 4.39 Å². The van der Waals surface area contributed by atoms with Crippen LogP contribution in [0.15, 0.2) is 67.4 Å². The minimum atomic E-state index is -0.661. The molecule has 10 nitrogen and oxygen atoms in total. The van der Waals surface area contributed by atoms with Crippen LogP contribution in [0.2, 0.25) is 0 Å². The fraction of sp³-hybridized carbons (Fsp3) is 0.231. The summed E-state index contributed by atoms with van der Waals surface area (Å²) in [5.74, 6) is -0.670. The minimum Gasteiger partial charge on any atom is -0.340 e. The Hall–Kier alpha value is -4.51. The molecule has 1 fully saturated rings. The van der Waals surface area contributed by atoms with Gasteiger partial charge < -0.3 is 9.88 Å². The largest absolute Gasteiger partial charge is 0.340 e. The Kier molecular flexibility index (Phi) is 5.89. The number of hydrogen-bond donors (Lipinski definition) is 1. The van der Waals surface area contributed by atoms with E-state index in [1.54, 1.807) is 47.9 Å². The number of aryl methyl sites for hydroxylation is 1. The standard InChI is InChI=1S/C26H24FN9O/c1-34-15-23(31-16-34)20-6-3-11-29-24(20)35(18-5-2-10-28-14-18)26(37)19-9-8-17(13-21(19)27)36-25-22(32-33-36)7-4-12-30-25/h3-4,6-9,11-13,15-16,18,28H,2,5,10,14H2,1H3/t18-/m1/s1.